The fourth-order valence-corrected chi connectivity index (χ4v) is 1.74. The van der Waals surface area contributed by atoms with Crippen molar-refractivity contribution < 1.29 is 9.53 Å². The van der Waals surface area contributed by atoms with E-state index in [1.807, 2.05) is 12.2 Å². The number of carbonyl (C=O) groups is 1. The first-order valence-corrected chi connectivity index (χ1v) is 6.39. The Morgan fingerprint density at radius 1 is 1.31 bits per heavy atom. The van der Waals surface area contributed by atoms with Crippen LogP contribution in [-0.4, -0.2) is 5.97 Å². The number of hydrogen-bond acceptors (Lipinski definition) is 2. The van der Waals surface area contributed by atoms with E-state index in [0.717, 1.165) is 31.4 Å². The van der Waals surface area contributed by atoms with Crippen LogP contribution >= 0.6 is 0 Å². The van der Waals surface area contributed by atoms with Crippen molar-refractivity contribution in [2.45, 2.75) is 58.3 Å². The van der Waals surface area contributed by atoms with Gasteiger partial charge in [0.15, 0.2) is 0 Å². The molecule has 0 bridgehead atoms. The number of esters is 1. The van der Waals surface area contributed by atoms with Crippen LogP contribution in [0.25, 0.3) is 0 Å². The largest absolute Gasteiger partial charge is 0.431 e. The van der Waals surface area contributed by atoms with Crippen LogP contribution < -0.4 is 0 Å². The number of allylic oxidation sites excluding steroid dienone is 4. The average Bonchev–Trinajstić information content (AvgIpc) is 2.30. The Morgan fingerprint density at radius 3 is 2.81 bits per heavy atom. The zero-order valence-electron chi connectivity index (χ0n) is 10.2. The first-order chi connectivity index (χ1) is 7.83. The molecule has 0 saturated heterocycles. The molecule has 1 aliphatic carbocycles. The van der Waals surface area contributed by atoms with Crippen LogP contribution in [0.1, 0.15) is 58.3 Å². The lowest BCUT2D eigenvalue weighted by molar-refractivity contribution is -0.139. The lowest BCUT2D eigenvalue weighted by Gasteiger charge is -2.09. The Labute approximate surface area is 98.4 Å². The van der Waals surface area contributed by atoms with Crippen molar-refractivity contribution in [2.75, 3.05) is 0 Å². The SMILES string of the molecule is CCCCCCCC(=O)OC1=CC=CCC1. The van der Waals surface area contributed by atoms with Gasteiger partial charge in [0.1, 0.15) is 5.76 Å². The van der Waals surface area contributed by atoms with Gasteiger partial charge in [-0.1, -0.05) is 44.8 Å². The zero-order valence-corrected chi connectivity index (χ0v) is 10.2. The molecular weight excluding hydrogens is 200 g/mol. The maximum absolute atomic E-state index is 11.5. The van der Waals surface area contributed by atoms with Gasteiger partial charge in [-0.25, -0.2) is 0 Å². The van der Waals surface area contributed by atoms with Crippen LogP contribution in [0, 0.1) is 0 Å². The van der Waals surface area contributed by atoms with Gasteiger partial charge in [0.25, 0.3) is 0 Å². The van der Waals surface area contributed by atoms with Crippen molar-refractivity contribution in [3.8, 4) is 0 Å². The maximum atomic E-state index is 11.5. The van der Waals surface area contributed by atoms with Gasteiger partial charge in [-0.15, -0.1) is 0 Å². The number of ether oxygens (including phenoxy) is 1. The number of carbonyl (C=O) groups excluding carboxylic acids is 1. The Balaban J connectivity index is 2.06. The van der Waals surface area contributed by atoms with E-state index < -0.39 is 0 Å². The summed E-state index contributed by atoms with van der Waals surface area (Å²) in [5.74, 6) is 0.749. The molecule has 90 valence electrons. The highest BCUT2D eigenvalue weighted by Gasteiger charge is 2.07. The second-order valence-electron chi connectivity index (χ2n) is 4.24. The van der Waals surface area contributed by atoms with E-state index in [9.17, 15) is 4.79 Å². The van der Waals surface area contributed by atoms with Crippen LogP contribution in [0.15, 0.2) is 24.0 Å². The molecule has 0 amide bonds. The molecule has 0 spiro atoms. The minimum absolute atomic E-state index is 0.0713. The van der Waals surface area contributed by atoms with E-state index >= 15 is 0 Å². The Morgan fingerprint density at radius 2 is 2.12 bits per heavy atom. The molecule has 0 unspecified atom stereocenters. The number of rotatable bonds is 7. The van der Waals surface area contributed by atoms with Crippen LogP contribution in [0.4, 0.5) is 0 Å². The summed E-state index contributed by atoms with van der Waals surface area (Å²) in [6.07, 6.45) is 14.2. The lowest BCUT2D eigenvalue weighted by Crippen LogP contribution is -2.05. The number of unbranched alkanes of at least 4 members (excludes halogenated alkanes) is 4. The summed E-state index contributed by atoms with van der Waals surface area (Å²) >= 11 is 0. The van der Waals surface area contributed by atoms with Crippen molar-refractivity contribution in [1.29, 1.82) is 0 Å². The fourth-order valence-electron chi connectivity index (χ4n) is 1.74. The minimum Gasteiger partial charge on any atom is -0.431 e. The number of hydrogen-bond donors (Lipinski definition) is 0. The summed E-state index contributed by atoms with van der Waals surface area (Å²) in [5, 5.41) is 0. The highest BCUT2D eigenvalue weighted by atomic mass is 16.5. The van der Waals surface area contributed by atoms with Gasteiger partial charge in [-0.2, -0.15) is 0 Å². The van der Waals surface area contributed by atoms with Gasteiger partial charge in [0.2, 0.25) is 0 Å². The van der Waals surface area contributed by atoms with E-state index in [0.29, 0.717) is 6.42 Å². The quantitative estimate of drug-likeness (QED) is 0.478. The van der Waals surface area contributed by atoms with Crippen LogP contribution in [-0.2, 0) is 9.53 Å². The van der Waals surface area contributed by atoms with Gasteiger partial charge in [-0.3, -0.25) is 4.79 Å². The molecule has 0 aromatic rings. The summed E-state index contributed by atoms with van der Waals surface area (Å²) in [7, 11) is 0. The van der Waals surface area contributed by atoms with Gasteiger partial charge in [0.05, 0.1) is 0 Å². The molecule has 0 atom stereocenters. The molecule has 2 heteroatoms. The summed E-state index contributed by atoms with van der Waals surface area (Å²) in [4.78, 5) is 11.5. The van der Waals surface area contributed by atoms with E-state index in [1.54, 1.807) is 0 Å². The summed E-state index contributed by atoms with van der Waals surface area (Å²) in [6, 6.07) is 0. The van der Waals surface area contributed by atoms with E-state index in [-0.39, 0.29) is 5.97 Å². The molecule has 0 saturated carbocycles. The monoisotopic (exact) mass is 222 g/mol. The summed E-state index contributed by atoms with van der Waals surface area (Å²) < 4.78 is 5.27. The third-order valence-electron chi connectivity index (χ3n) is 2.70. The molecular formula is C14H22O2. The van der Waals surface area contributed by atoms with Crippen molar-refractivity contribution in [2.24, 2.45) is 0 Å². The van der Waals surface area contributed by atoms with Gasteiger partial charge in [-0.05, 0) is 18.9 Å². The Kier molecular flexibility index (Phi) is 6.62. The normalized spacial score (nSPS) is 14.7. The average molecular weight is 222 g/mol. The van der Waals surface area contributed by atoms with E-state index in [2.05, 4.69) is 13.0 Å². The molecule has 0 aromatic heterocycles. The van der Waals surface area contributed by atoms with Gasteiger partial charge >= 0.3 is 5.97 Å². The highest BCUT2D eigenvalue weighted by molar-refractivity contribution is 5.70. The molecule has 0 radical (unpaired) electrons. The molecule has 2 nitrogen and oxygen atoms in total. The third kappa shape index (κ3) is 5.74. The predicted molar refractivity (Wildman–Crippen MR) is 65.9 cm³/mol. The second kappa shape index (κ2) is 8.14. The van der Waals surface area contributed by atoms with Crippen molar-refractivity contribution >= 4 is 5.97 Å². The third-order valence-corrected chi connectivity index (χ3v) is 2.70. The van der Waals surface area contributed by atoms with Gasteiger partial charge < -0.3 is 4.74 Å². The summed E-state index contributed by atoms with van der Waals surface area (Å²) in [6.45, 7) is 2.19. The zero-order chi connectivity index (χ0) is 11.6. The molecule has 0 N–H and O–H groups in total. The minimum atomic E-state index is -0.0713. The topological polar surface area (TPSA) is 26.3 Å². The maximum Gasteiger partial charge on any atom is 0.310 e. The van der Waals surface area contributed by atoms with Crippen molar-refractivity contribution in [3.05, 3.63) is 24.0 Å². The molecule has 16 heavy (non-hydrogen) atoms. The first kappa shape index (κ1) is 13.0. The smallest absolute Gasteiger partial charge is 0.310 e. The molecule has 0 aromatic carbocycles. The lowest BCUT2D eigenvalue weighted by atomic mass is 10.1. The van der Waals surface area contributed by atoms with Crippen LogP contribution in [0.5, 0.6) is 0 Å². The fraction of sp³-hybridized carbons (Fsp3) is 0.643. The molecule has 1 aliphatic rings. The molecule has 0 fully saturated rings. The second-order valence-corrected chi connectivity index (χ2v) is 4.24. The van der Waals surface area contributed by atoms with Crippen molar-refractivity contribution in [1.82, 2.24) is 0 Å². The van der Waals surface area contributed by atoms with Crippen molar-refractivity contribution in [3.63, 3.8) is 0 Å². The van der Waals surface area contributed by atoms with E-state index in [4.69, 9.17) is 4.74 Å². The molecule has 1 rings (SSSR count). The molecule has 0 aliphatic heterocycles. The molecule has 0 heterocycles. The Bertz CT molecular complexity index is 264. The van der Waals surface area contributed by atoms with E-state index in [1.165, 1.54) is 19.3 Å². The Hall–Kier alpha value is -1.05. The highest BCUT2D eigenvalue weighted by Crippen LogP contribution is 2.14. The first-order valence-electron chi connectivity index (χ1n) is 6.39. The van der Waals surface area contributed by atoms with Crippen LogP contribution in [0.2, 0.25) is 0 Å². The van der Waals surface area contributed by atoms with Gasteiger partial charge in [0, 0.05) is 12.8 Å². The predicted octanol–water partition coefficient (Wildman–Crippen LogP) is 4.12. The van der Waals surface area contributed by atoms with Crippen LogP contribution in [0.3, 0.4) is 0 Å². The summed E-state index contributed by atoms with van der Waals surface area (Å²) in [5.41, 5.74) is 0. The standard InChI is InChI=1S/C14H22O2/c1-2-3-4-5-9-12-14(15)16-13-10-7-6-8-11-13/h6-7,10H,2-5,8-9,11-12H2,1H3.